The normalized spacial score (nSPS) is 14.0. The Kier molecular flexibility index (Phi) is 5.94. The van der Waals surface area contributed by atoms with Crippen molar-refractivity contribution in [3.05, 3.63) is 141 Å². The summed E-state index contributed by atoms with van der Waals surface area (Å²) < 4.78 is 132. The molecule has 0 amide bonds. The number of halogens is 9. The summed E-state index contributed by atoms with van der Waals surface area (Å²) in [5, 5.41) is 0. The first kappa shape index (κ1) is 24.4. The fraction of sp³-hybridized carbons (Fsp3) is 0. The van der Waals surface area contributed by atoms with Crippen molar-refractivity contribution in [2.75, 3.05) is 0 Å². The fourth-order valence-corrected chi connectivity index (χ4v) is 4.34. The van der Waals surface area contributed by atoms with Gasteiger partial charge >= 0.3 is 0 Å². The predicted octanol–water partition coefficient (Wildman–Crippen LogP) is 8.45. The minimum Gasteiger partial charge on any atom is -0.203 e. The zero-order valence-corrected chi connectivity index (χ0v) is 18.3. The minimum absolute atomic E-state index is 0.0801. The average Bonchev–Trinajstić information content (AvgIpc) is 3.24. The fourth-order valence-electron chi connectivity index (χ4n) is 4.34. The van der Waals surface area contributed by atoms with Crippen LogP contribution in [0.1, 0.15) is 27.8 Å². The van der Waals surface area contributed by atoms with Crippen LogP contribution in [0.15, 0.2) is 60.7 Å². The Morgan fingerprint density at radius 2 is 0.784 bits per heavy atom. The summed E-state index contributed by atoms with van der Waals surface area (Å²) in [4.78, 5) is 0. The van der Waals surface area contributed by atoms with Crippen LogP contribution in [-0.4, -0.2) is 0 Å². The Morgan fingerprint density at radius 3 is 1.30 bits per heavy atom. The largest absolute Gasteiger partial charge is 0.203 e. The molecule has 0 aliphatic heterocycles. The van der Waals surface area contributed by atoms with Crippen LogP contribution in [0.5, 0.6) is 0 Å². The van der Waals surface area contributed by atoms with E-state index in [0.29, 0.717) is 0 Å². The molecule has 0 spiro atoms. The topological polar surface area (TPSA) is 0 Å². The molecule has 0 fully saturated rings. The van der Waals surface area contributed by atoms with Crippen molar-refractivity contribution in [1.82, 2.24) is 0 Å². The molecule has 0 saturated heterocycles. The van der Waals surface area contributed by atoms with Crippen LogP contribution in [0.4, 0.5) is 39.5 Å². The van der Waals surface area contributed by atoms with Gasteiger partial charge in [0.05, 0.1) is 5.56 Å². The van der Waals surface area contributed by atoms with E-state index in [9.17, 15) is 22.0 Å². The molecule has 5 rings (SSSR count). The van der Waals surface area contributed by atoms with Gasteiger partial charge in [0.25, 0.3) is 0 Å². The molecule has 1 aliphatic carbocycles. The van der Waals surface area contributed by atoms with Crippen LogP contribution < -0.4 is 0 Å². The van der Waals surface area contributed by atoms with E-state index >= 15 is 17.6 Å². The maximum absolute atomic E-state index is 15.3. The summed E-state index contributed by atoms with van der Waals surface area (Å²) in [7, 11) is 0. The molecular weight excluding hydrogens is 507 g/mol. The zero-order valence-electron chi connectivity index (χ0n) is 18.3. The molecule has 0 saturated carbocycles. The maximum atomic E-state index is 15.3. The van der Waals surface area contributed by atoms with E-state index in [-0.39, 0.29) is 11.1 Å². The highest BCUT2D eigenvalue weighted by molar-refractivity contribution is 6.27. The summed E-state index contributed by atoms with van der Waals surface area (Å²) in [5.41, 5.74) is -5.25. The summed E-state index contributed by atoms with van der Waals surface area (Å²) in [6.45, 7) is 0. The van der Waals surface area contributed by atoms with Gasteiger partial charge in [-0.3, -0.25) is 0 Å². The van der Waals surface area contributed by atoms with Crippen molar-refractivity contribution in [1.29, 1.82) is 0 Å². The van der Waals surface area contributed by atoms with Gasteiger partial charge in [-0.1, -0.05) is 60.7 Å². The first-order chi connectivity index (χ1) is 17.6. The number of benzene rings is 4. The number of hydrogen-bond acceptors (Lipinski definition) is 0. The lowest BCUT2D eigenvalue weighted by Crippen LogP contribution is -2.07. The second-order valence-corrected chi connectivity index (χ2v) is 8.04. The number of fused-ring (bicyclic) bond motifs is 1. The zero-order chi connectivity index (χ0) is 26.6. The van der Waals surface area contributed by atoms with Gasteiger partial charge in [-0.2, -0.15) is 0 Å². The molecule has 0 nitrogen and oxygen atoms in total. The van der Waals surface area contributed by atoms with E-state index in [1.807, 2.05) is 0 Å². The smallest absolute Gasteiger partial charge is 0.200 e. The molecule has 0 N–H and O–H groups in total. The Hall–Kier alpha value is -4.27. The van der Waals surface area contributed by atoms with Gasteiger partial charge in [0, 0.05) is 22.3 Å². The first-order valence-electron chi connectivity index (χ1n) is 10.6. The lowest BCUT2D eigenvalue weighted by Gasteiger charge is -2.14. The minimum atomic E-state index is -2.45. The molecule has 0 heterocycles. The van der Waals surface area contributed by atoms with Crippen LogP contribution in [0.3, 0.4) is 0 Å². The first-order valence-corrected chi connectivity index (χ1v) is 10.6. The third kappa shape index (κ3) is 3.64. The summed E-state index contributed by atoms with van der Waals surface area (Å²) in [6.07, 6.45) is 1.06. The van der Waals surface area contributed by atoms with E-state index in [0.717, 1.165) is 6.08 Å². The lowest BCUT2D eigenvalue weighted by atomic mass is 9.91. The van der Waals surface area contributed by atoms with E-state index < -0.39 is 85.8 Å². The van der Waals surface area contributed by atoms with Crippen molar-refractivity contribution in [3.63, 3.8) is 0 Å². The van der Waals surface area contributed by atoms with Crippen LogP contribution in [0.2, 0.25) is 0 Å². The van der Waals surface area contributed by atoms with Gasteiger partial charge < -0.3 is 0 Å². The van der Waals surface area contributed by atoms with Gasteiger partial charge in [-0.05, 0) is 22.8 Å². The molecule has 37 heavy (non-hydrogen) atoms. The van der Waals surface area contributed by atoms with Gasteiger partial charge in [-0.15, -0.1) is 0 Å². The molecule has 0 unspecified atom stereocenters. The Balaban J connectivity index is 2.05. The number of allylic oxidation sites excluding steroid dienone is 2. The number of hydrogen-bond donors (Lipinski definition) is 0. The molecule has 4 aromatic carbocycles. The van der Waals surface area contributed by atoms with Gasteiger partial charge in [0.2, 0.25) is 5.82 Å². The van der Waals surface area contributed by atoms with E-state index in [1.165, 1.54) is 54.6 Å². The van der Waals surface area contributed by atoms with Crippen molar-refractivity contribution < 1.29 is 39.5 Å². The molecule has 186 valence electrons. The van der Waals surface area contributed by atoms with E-state index in [1.54, 1.807) is 6.07 Å². The third-order valence-corrected chi connectivity index (χ3v) is 5.94. The molecule has 9 heteroatoms. The molecule has 0 bridgehead atoms. The summed E-state index contributed by atoms with van der Waals surface area (Å²) >= 11 is 0. The van der Waals surface area contributed by atoms with E-state index in [2.05, 4.69) is 0 Å². The predicted molar refractivity (Wildman–Crippen MR) is 119 cm³/mol. The standard InChI is InChI=1S/C28H11F9/c29-20-17-14(11-12-7-3-1-4-8-12)16(19-22(31)26(35)28(37)27(36)23(19)32)15(13-9-5-2-6-10-13)18(17)21(30)25(34)24(20)33/h1-11H/b14-11+. The Labute approximate surface area is 203 Å². The van der Waals surface area contributed by atoms with Crippen LogP contribution in [0, 0.1) is 52.4 Å². The molecular formula is C28H11F9. The molecule has 4 aromatic rings. The third-order valence-electron chi connectivity index (χ3n) is 5.94. The van der Waals surface area contributed by atoms with E-state index in [4.69, 9.17) is 0 Å². The molecule has 0 atom stereocenters. The van der Waals surface area contributed by atoms with Crippen LogP contribution >= 0.6 is 0 Å². The van der Waals surface area contributed by atoms with Gasteiger partial charge in [0.1, 0.15) is 0 Å². The number of rotatable bonds is 3. The SMILES string of the molecule is Fc1c(F)c(F)c(C2=C(c3ccccc3)c3c(F)c(F)c(F)c(F)c3/C2=C/c2ccccc2)c(F)c1F. The van der Waals surface area contributed by atoms with Crippen molar-refractivity contribution >= 4 is 22.8 Å². The van der Waals surface area contributed by atoms with Crippen LogP contribution in [0.25, 0.3) is 22.8 Å². The second-order valence-electron chi connectivity index (χ2n) is 8.04. The quantitative estimate of drug-likeness (QED) is 0.145. The maximum Gasteiger partial charge on any atom is 0.200 e. The summed E-state index contributed by atoms with van der Waals surface area (Å²) in [6, 6.07) is 14.3. The highest BCUT2D eigenvalue weighted by Crippen LogP contribution is 2.53. The van der Waals surface area contributed by atoms with Crippen molar-refractivity contribution in [2.24, 2.45) is 0 Å². The Bertz CT molecular complexity index is 1610. The summed E-state index contributed by atoms with van der Waals surface area (Å²) in [5.74, 6) is -19.8. The lowest BCUT2D eigenvalue weighted by molar-refractivity contribution is 0.376. The average molecular weight is 518 g/mol. The molecule has 0 aromatic heterocycles. The monoisotopic (exact) mass is 518 g/mol. The molecule has 0 radical (unpaired) electrons. The van der Waals surface area contributed by atoms with Crippen molar-refractivity contribution in [2.45, 2.75) is 0 Å². The van der Waals surface area contributed by atoms with Gasteiger partial charge in [0.15, 0.2) is 46.5 Å². The highest BCUT2D eigenvalue weighted by atomic mass is 19.2. The van der Waals surface area contributed by atoms with Crippen molar-refractivity contribution in [3.8, 4) is 0 Å². The highest BCUT2D eigenvalue weighted by Gasteiger charge is 2.41. The second kappa shape index (κ2) is 8.99. The Morgan fingerprint density at radius 1 is 0.378 bits per heavy atom. The van der Waals surface area contributed by atoms with Crippen LogP contribution in [-0.2, 0) is 0 Å². The van der Waals surface area contributed by atoms with Gasteiger partial charge in [-0.25, -0.2) is 39.5 Å². The molecule has 1 aliphatic rings.